The lowest BCUT2D eigenvalue weighted by atomic mass is 9.95. The monoisotopic (exact) mass is 1220 g/mol. The third-order valence-corrected chi connectivity index (χ3v) is 12.4. The van der Waals surface area contributed by atoms with Gasteiger partial charge in [0.1, 0.15) is 45.8 Å². The molecule has 0 radical (unpaired) electrons. The molecule has 4 aromatic carbocycles. The highest BCUT2D eigenvalue weighted by Crippen LogP contribution is 2.41. The second-order valence-electron chi connectivity index (χ2n) is 19.5. The number of benzene rings is 4. The lowest BCUT2D eigenvalue weighted by Gasteiger charge is -2.26. The molecule has 0 aliphatic heterocycles. The molecule has 29 heteroatoms. The van der Waals surface area contributed by atoms with Gasteiger partial charge >= 0.3 is 0 Å². The number of aromatic nitrogens is 6. The highest BCUT2D eigenvalue weighted by Gasteiger charge is 2.31. The molecule has 0 spiro atoms. The molecule has 0 unspecified atom stereocenters. The first-order chi connectivity index (χ1) is 38.8. The van der Waals surface area contributed by atoms with Gasteiger partial charge in [-0.05, 0) is 104 Å². The Balaban J connectivity index is 0.000000331. The summed E-state index contributed by atoms with van der Waals surface area (Å²) in [4.78, 5) is 54.6. The number of carbonyl (C=O) groups is 2. The van der Waals surface area contributed by atoms with Gasteiger partial charge in [-0.15, -0.1) is 0 Å². The van der Waals surface area contributed by atoms with Gasteiger partial charge in [-0.1, -0.05) is 36.4 Å². The number of nitrogens with zero attached hydrogens (tertiary/aromatic N) is 10. The first-order valence-electron chi connectivity index (χ1n) is 24.8. The maximum Gasteiger partial charge on any atom is 0.247 e. The number of halogens is 7. The third-order valence-electron chi connectivity index (χ3n) is 11.5. The van der Waals surface area contributed by atoms with Crippen molar-refractivity contribution in [1.29, 1.82) is 0 Å². The molecular formula is C54H67Cl3F4N16O6. The van der Waals surface area contributed by atoms with Crippen molar-refractivity contribution in [3.8, 4) is 11.5 Å². The number of amides is 1. The Labute approximate surface area is 493 Å². The minimum atomic E-state index is -1.71. The molecule has 22 nitrogen and oxygen atoms in total. The van der Waals surface area contributed by atoms with Crippen LogP contribution in [0.25, 0.3) is 0 Å². The second-order valence-corrected chi connectivity index (χ2v) is 20.7. The molecule has 6 rings (SSSR count). The number of anilines is 12. The van der Waals surface area contributed by atoms with Gasteiger partial charge in [-0.25, -0.2) is 37.5 Å². The first-order valence-corrected chi connectivity index (χ1v) is 25.9. The zero-order valence-corrected chi connectivity index (χ0v) is 50.0. The molecule has 9 N–H and O–H groups in total. The van der Waals surface area contributed by atoms with E-state index in [2.05, 4.69) is 74.5 Å². The van der Waals surface area contributed by atoms with Crippen LogP contribution in [0.4, 0.5) is 86.9 Å². The topological polar surface area (TPSA) is 270 Å². The molecule has 2 aromatic heterocycles. The Kier molecular flexibility index (Phi) is 24.4. The number of hydrogen-bond acceptors (Lipinski definition) is 21. The Morgan fingerprint density at radius 2 is 0.964 bits per heavy atom. The van der Waals surface area contributed by atoms with E-state index in [4.69, 9.17) is 50.0 Å². The van der Waals surface area contributed by atoms with E-state index < -0.39 is 55.7 Å². The van der Waals surface area contributed by atoms with Crippen molar-refractivity contribution in [3.05, 3.63) is 119 Å². The van der Waals surface area contributed by atoms with Gasteiger partial charge in [-0.3, -0.25) is 9.59 Å². The molecule has 2 heterocycles. The number of methoxy groups -OCH3 is 2. The highest BCUT2D eigenvalue weighted by molar-refractivity contribution is 6.66. The quantitative estimate of drug-likeness (QED) is 0.00975. The number of carbonyl (C=O) groups excluding carboxylic acids is 2. The van der Waals surface area contributed by atoms with Crippen LogP contribution in [0.2, 0.25) is 10.0 Å². The van der Waals surface area contributed by atoms with Crippen molar-refractivity contribution >= 4 is 115 Å². The van der Waals surface area contributed by atoms with Crippen molar-refractivity contribution in [2.45, 2.75) is 38.9 Å². The average Bonchev–Trinajstić information content (AvgIpc) is 2.91. The van der Waals surface area contributed by atoms with E-state index in [0.717, 1.165) is 49.6 Å². The van der Waals surface area contributed by atoms with Crippen molar-refractivity contribution in [2.75, 3.05) is 125 Å². The largest absolute Gasteiger partial charge is 0.494 e. The zero-order chi connectivity index (χ0) is 62.3. The smallest absolute Gasteiger partial charge is 0.247 e. The lowest BCUT2D eigenvalue weighted by Crippen LogP contribution is -2.29. The van der Waals surface area contributed by atoms with Crippen LogP contribution in [0.1, 0.15) is 38.8 Å². The number of likely N-dealkylation sites (N-methyl/N-ethyl adjacent to an activating group) is 4. The van der Waals surface area contributed by atoms with Gasteiger partial charge in [0, 0.05) is 63.5 Å². The van der Waals surface area contributed by atoms with Crippen LogP contribution in [0.5, 0.6) is 11.5 Å². The summed E-state index contributed by atoms with van der Waals surface area (Å²) in [6.07, 6.45) is 4.60. The standard InChI is InChI=1S/C27H33ClF2N8O3.C24H31ClF2N8O2.C3H3ClO/c1-8-21(39)33-16-12-17(20(41-7)13-19(16)38(6)10-9-37(4)5)34-25-31-14-32-26(36-25)35-18-11-15(29)23(28)24(30)22(18)27(2,3)40;1-24(2,36)19-16(9-13(26)20(25)21(19)27)32-23-30-12-29-22(33-23)31-15-10-14(28)17(11-18(15)37-6)35(5)8-7-34(3)4;1-2-3(4)5/h8,11-14,40H,1,9-10H2,2-7H3,(H,33,39)(H2,31,32,34,35,36);9-12,36H,7-8,28H2,1-6H3,(H2,29,30,31,32,33);2H,1H2. The summed E-state index contributed by atoms with van der Waals surface area (Å²) in [5.41, 5.74) is 5.63. The summed E-state index contributed by atoms with van der Waals surface area (Å²) in [5, 5.41) is 33.3. The van der Waals surface area contributed by atoms with Crippen LogP contribution < -0.4 is 51.6 Å². The van der Waals surface area contributed by atoms with Crippen molar-refractivity contribution in [2.24, 2.45) is 0 Å². The maximum atomic E-state index is 14.8. The van der Waals surface area contributed by atoms with E-state index in [1.165, 1.54) is 54.6 Å². The van der Waals surface area contributed by atoms with E-state index in [9.17, 15) is 37.4 Å². The Hall–Kier alpha value is -7.85. The summed E-state index contributed by atoms with van der Waals surface area (Å²) in [7, 11) is 14.8. The predicted molar refractivity (Wildman–Crippen MR) is 320 cm³/mol. The Morgan fingerprint density at radius 3 is 1.31 bits per heavy atom. The number of ether oxygens (including phenoxy) is 2. The number of nitrogen functional groups attached to an aromatic ring is 1. The van der Waals surface area contributed by atoms with Gasteiger partial charge in [0.05, 0.1) is 70.9 Å². The fraction of sp³-hybridized carbons (Fsp3) is 0.333. The van der Waals surface area contributed by atoms with Crippen LogP contribution in [-0.2, 0) is 20.8 Å². The molecule has 0 saturated carbocycles. The van der Waals surface area contributed by atoms with Crippen LogP contribution >= 0.6 is 34.8 Å². The van der Waals surface area contributed by atoms with Gasteiger partial charge in [0.25, 0.3) is 0 Å². The number of nitrogens with one attached hydrogen (secondary N) is 5. The van der Waals surface area contributed by atoms with Crippen LogP contribution in [0.15, 0.2) is 74.4 Å². The molecule has 448 valence electrons. The Bertz CT molecular complexity index is 3280. The molecule has 0 fully saturated rings. The number of rotatable bonds is 23. The van der Waals surface area contributed by atoms with E-state index in [1.807, 2.05) is 63.1 Å². The summed E-state index contributed by atoms with van der Waals surface area (Å²) in [6, 6.07) is 8.83. The fourth-order valence-corrected chi connectivity index (χ4v) is 7.76. The molecule has 6 aromatic rings. The van der Waals surface area contributed by atoms with Crippen molar-refractivity contribution in [3.63, 3.8) is 0 Å². The van der Waals surface area contributed by atoms with E-state index in [1.54, 1.807) is 18.2 Å². The number of hydrogen-bond donors (Lipinski definition) is 8. The normalized spacial score (nSPS) is 11.1. The second kappa shape index (κ2) is 29.9. The summed E-state index contributed by atoms with van der Waals surface area (Å²) in [5.74, 6) is -3.64. The molecule has 0 atom stereocenters. The van der Waals surface area contributed by atoms with E-state index >= 15 is 0 Å². The van der Waals surface area contributed by atoms with Gasteiger partial charge < -0.3 is 71.6 Å². The molecule has 83 heavy (non-hydrogen) atoms. The SMILES string of the molecule is C=CC(=O)Cl.C=CC(=O)Nc1cc(Nc2ncnc(Nc3cc(F)c(Cl)c(F)c3C(C)(C)O)n2)c(OC)cc1N(C)CCN(C)C.COc1cc(N(C)CCN(C)C)c(N)cc1Nc1ncnc(Nc2cc(F)c(Cl)c(F)c2C(C)(C)O)n1. The molecular weight excluding hydrogens is 1150 g/mol. The van der Waals surface area contributed by atoms with E-state index in [0.29, 0.717) is 46.5 Å². The maximum absolute atomic E-state index is 14.8. The minimum absolute atomic E-state index is 0.0314. The zero-order valence-electron chi connectivity index (χ0n) is 47.7. The summed E-state index contributed by atoms with van der Waals surface area (Å²) < 4.78 is 69.1. The third kappa shape index (κ3) is 19.1. The molecule has 1 amide bonds. The molecule has 0 aliphatic rings. The molecule has 0 saturated heterocycles. The van der Waals surface area contributed by atoms with Gasteiger partial charge in [0.2, 0.25) is 34.9 Å². The number of allylic oxidation sites excluding steroid dienone is 1. The number of aliphatic hydroxyl groups is 2. The van der Waals surface area contributed by atoms with E-state index in [-0.39, 0.29) is 46.3 Å². The minimum Gasteiger partial charge on any atom is -0.494 e. The van der Waals surface area contributed by atoms with Crippen molar-refractivity contribution in [1.82, 2.24) is 39.7 Å². The molecule has 0 aliphatic carbocycles. The summed E-state index contributed by atoms with van der Waals surface area (Å²) in [6.45, 7) is 15.0. The first kappa shape index (κ1) is 67.7. The van der Waals surface area contributed by atoms with Gasteiger partial charge in [0.15, 0.2) is 11.6 Å². The number of nitrogens with two attached hydrogens (primary N) is 1. The van der Waals surface area contributed by atoms with Crippen LogP contribution in [0, 0.1) is 23.3 Å². The van der Waals surface area contributed by atoms with Gasteiger partial charge in [-0.2, -0.15) is 9.97 Å². The van der Waals surface area contributed by atoms with Crippen molar-refractivity contribution < 1.29 is 46.8 Å². The van der Waals surface area contributed by atoms with Crippen LogP contribution in [0.3, 0.4) is 0 Å². The highest BCUT2D eigenvalue weighted by atomic mass is 35.5. The fourth-order valence-electron chi connectivity index (χ4n) is 7.46. The van der Waals surface area contributed by atoms with Crippen LogP contribution in [-0.4, -0.2) is 144 Å². The molecule has 0 bridgehead atoms. The Morgan fingerprint density at radius 1 is 0.602 bits per heavy atom. The summed E-state index contributed by atoms with van der Waals surface area (Å²) >= 11 is 16.2. The lowest BCUT2D eigenvalue weighted by molar-refractivity contribution is -0.112. The predicted octanol–water partition coefficient (Wildman–Crippen LogP) is 9.69. The average molecular weight is 1220 g/mol.